The lowest BCUT2D eigenvalue weighted by Gasteiger charge is -2.16. The van der Waals surface area contributed by atoms with Crippen LogP contribution in [0.3, 0.4) is 0 Å². The second-order valence-electron chi connectivity index (χ2n) is 5.55. The van der Waals surface area contributed by atoms with Crippen molar-refractivity contribution in [1.82, 2.24) is 5.32 Å². The minimum absolute atomic E-state index is 0.00552. The van der Waals surface area contributed by atoms with E-state index >= 15 is 0 Å². The first-order valence-corrected chi connectivity index (χ1v) is 7.69. The summed E-state index contributed by atoms with van der Waals surface area (Å²) in [4.78, 5) is 12.5. The molecule has 1 unspecified atom stereocenters. The van der Waals surface area contributed by atoms with E-state index in [0.29, 0.717) is 12.1 Å². The molecule has 0 bridgehead atoms. The molecule has 0 aromatic heterocycles. The molecule has 0 heterocycles. The topological polar surface area (TPSA) is 29.1 Å². The molecule has 22 heavy (non-hydrogen) atoms. The summed E-state index contributed by atoms with van der Waals surface area (Å²) in [6.07, 6.45) is 1.74. The molecular formula is C19H22FNO. The van der Waals surface area contributed by atoms with Gasteiger partial charge in [-0.25, -0.2) is 4.39 Å². The third-order valence-corrected chi connectivity index (χ3v) is 3.80. The van der Waals surface area contributed by atoms with Gasteiger partial charge in [-0.05, 0) is 36.1 Å². The van der Waals surface area contributed by atoms with E-state index in [0.717, 1.165) is 24.0 Å². The van der Waals surface area contributed by atoms with E-state index in [-0.39, 0.29) is 17.6 Å². The highest BCUT2D eigenvalue weighted by Crippen LogP contribution is 2.21. The van der Waals surface area contributed by atoms with E-state index in [9.17, 15) is 9.18 Å². The van der Waals surface area contributed by atoms with E-state index in [2.05, 4.69) is 12.2 Å². The van der Waals surface area contributed by atoms with Crippen LogP contribution in [0.25, 0.3) is 0 Å². The molecule has 0 saturated carbocycles. The lowest BCUT2D eigenvalue weighted by Crippen LogP contribution is -2.29. The highest BCUT2D eigenvalue weighted by Gasteiger charge is 2.19. The number of aryl methyl sites for hydroxylation is 1. The highest BCUT2D eigenvalue weighted by atomic mass is 19.1. The Labute approximate surface area is 131 Å². The number of hydrogen-bond donors (Lipinski definition) is 1. The van der Waals surface area contributed by atoms with Crippen molar-refractivity contribution in [3.8, 4) is 0 Å². The first-order chi connectivity index (χ1) is 10.6. The smallest absolute Gasteiger partial charge is 0.227 e. The lowest BCUT2D eigenvalue weighted by atomic mass is 9.93. The van der Waals surface area contributed by atoms with Gasteiger partial charge in [0.25, 0.3) is 0 Å². The fourth-order valence-corrected chi connectivity index (χ4v) is 2.48. The average molecular weight is 299 g/mol. The van der Waals surface area contributed by atoms with Crippen LogP contribution in [-0.2, 0) is 11.3 Å². The number of benzene rings is 2. The molecule has 0 saturated heterocycles. The number of rotatable bonds is 6. The summed E-state index contributed by atoms with van der Waals surface area (Å²) in [5.74, 6) is -0.393. The summed E-state index contributed by atoms with van der Waals surface area (Å²) in [5, 5.41) is 2.92. The minimum atomic E-state index is -0.236. The standard InChI is InChI=1S/C19H22FNO/c1-3-7-17(16-8-5-4-6-9-16)19(22)21-13-15-11-10-14(2)18(20)12-15/h4-6,8-12,17H,3,7,13H2,1-2H3,(H,21,22). The summed E-state index contributed by atoms with van der Waals surface area (Å²) in [6, 6.07) is 14.8. The molecule has 2 aromatic rings. The summed E-state index contributed by atoms with van der Waals surface area (Å²) < 4.78 is 13.5. The van der Waals surface area contributed by atoms with E-state index in [1.165, 1.54) is 6.07 Å². The van der Waals surface area contributed by atoms with Gasteiger partial charge < -0.3 is 5.32 Å². The Morgan fingerprint density at radius 2 is 1.91 bits per heavy atom. The summed E-state index contributed by atoms with van der Waals surface area (Å²) >= 11 is 0. The Bertz CT molecular complexity index is 625. The fraction of sp³-hybridized carbons (Fsp3) is 0.316. The minimum Gasteiger partial charge on any atom is -0.351 e. The number of carbonyl (C=O) groups is 1. The second kappa shape index (κ2) is 7.74. The van der Waals surface area contributed by atoms with Gasteiger partial charge in [0.2, 0.25) is 5.91 Å². The molecule has 2 nitrogen and oxygen atoms in total. The van der Waals surface area contributed by atoms with Crippen LogP contribution in [0.1, 0.15) is 42.4 Å². The molecular weight excluding hydrogens is 277 g/mol. The zero-order chi connectivity index (χ0) is 15.9. The predicted molar refractivity (Wildman–Crippen MR) is 87.1 cm³/mol. The Kier molecular flexibility index (Phi) is 5.70. The largest absolute Gasteiger partial charge is 0.351 e. The Hall–Kier alpha value is -2.16. The molecule has 0 fully saturated rings. The van der Waals surface area contributed by atoms with Gasteiger partial charge in [0.15, 0.2) is 0 Å². The molecule has 0 radical (unpaired) electrons. The van der Waals surface area contributed by atoms with Crippen LogP contribution in [0, 0.1) is 12.7 Å². The molecule has 2 rings (SSSR count). The molecule has 2 aromatic carbocycles. The number of nitrogens with one attached hydrogen (secondary N) is 1. The van der Waals surface area contributed by atoms with Crippen molar-refractivity contribution in [2.75, 3.05) is 0 Å². The van der Waals surface area contributed by atoms with Gasteiger partial charge >= 0.3 is 0 Å². The zero-order valence-electron chi connectivity index (χ0n) is 13.1. The van der Waals surface area contributed by atoms with Crippen LogP contribution >= 0.6 is 0 Å². The first kappa shape index (κ1) is 16.2. The molecule has 0 aliphatic rings. The van der Waals surface area contributed by atoms with Crippen molar-refractivity contribution in [1.29, 1.82) is 0 Å². The molecule has 0 spiro atoms. The molecule has 0 aliphatic heterocycles. The summed E-state index contributed by atoms with van der Waals surface area (Å²) in [6.45, 7) is 4.14. The third kappa shape index (κ3) is 4.17. The third-order valence-electron chi connectivity index (χ3n) is 3.80. The molecule has 116 valence electrons. The fourth-order valence-electron chi connectivity index (χ4n) is 2.48. The summed E-state index contributed by atoms with van der Waals surface area (Å²) in [7, 11) is 0. The molecule has 1 atom stereocenters. The SMILES string of the molecule is CCCC(C(=O)NCc1ccc(C)c(F)c1)c1ccccc1. The van der Waals surface area contributed by atoms with Gasteiger partial charge in [0.05, 0.1) is 5.92 Å². The maximum atomic E-state index is 13.5. The van der Waals surface area contributed by atoms with Crippen molar-refractivity contribution in [3.63, 3.8) is 0 Å². The van der Waals surface area contributed by atoms with E-state index in [1.807, 2.05) is 36.4 Å². The summed E-state index contributed by atoms with van der Waals surface area (Å²) in [5.41, 5.74) is 2.42. The Morgan fingerprint density at radius 1 is 1.18 bits per heavy atom. The quantitative estimate of drug-likeness (QED) is 0.845. The highest BCUT2D eigenvalue weighted by molar-refractivity contribution is 5.83. The average Bonchev–Trinajstić information content (AvgIpc) is 2.54. The number of hydrogen-bond acceptors (Lipinski definition) is 1. The van der Waals surface area contributed by atoms with Gasteiger partial charge in [-0.2, -0.15) is 0 Å². The number of amides is 1. The monoisotopic (exact) mass is 299 g/mol. The number of carbonyl (C=O) groups excluding carboxylic acids is 1. The van der Waals surface area contributed by atoms with Crippen molar-refractivity contribution in [2.24, 2.45) is 0 Å². The Balaban J connectivity index is 2.03. The van der Waals surface area contributed by atoms with Crippen LogP contribution in [0.15, 0.2) is 48.5 Å². The van der Waals surface area contributed by atoms with Crippen LogP contribution in [-0.4, -0.2) is 5.91 Å². The van der Waals surface area contributed by atoms with Crippen molar-refractivity contribution in [2.45, 2.75) is 39.2 Å². The first-order valence-electron chi connectivity index (χ1n) is 7.69. The number of halogens is 1. The van der Waals surface area contributed by atoms with Crippen LogP contribution in [0.5, 0.6) is 0 Å². The van der Waals surface area contributed by atoms with Crippen molar-refractivity contribution >= 4 is 5.91 Å². The van der Waals surface area contributed by atoms with E-state index in [4.69, 9.17) is 0 Å². The normalized spacial score (nSPS) is 12.0. The van der Waals surface area contributed by atoms with Gasteiger partial charge in [0.1, 0.15) is 5.82 Å². The molecule has 3 heteroatoms. The predicted octanol–water partition coefficient (Wildman–Crippen LogP) is 4.33. The van der Waals surface area contributed by atoms with Gasteiger partial charge in [0, 0.05) is 6.54 Å². The van der Waals surface area contributed by atoms with Crippen molar-refractivity contribution < 1.29 is 9.18 Å². The Morgan fingerprint density at radius 3 is 2.55 bits per heavy atom. The van der Waals surface area contributed by atoms with E-state index < -0.39 is 0 Å². The second-order valence-corrected chi connectivity index (χ2v) is 5.55. The van der Waals surface area contributed by atoms with Crippen LogP contribution < -0.4 is 5.32 Å². The van der Waals surface area contributed by atoms with Crippen molar-refractivity contribution in [3.05, 3.63) is 71.0 Å². The van der Waals surface area contributed by atoms with E-state index in [1.54, 1.807) is 13.0 Å². The van der Waals surface area contributed by atoms with Gasteiger partial charge in [-0.1, -0.05) is 55.8 Å². The van der Waals surface area contributed by atoms with Gasteiger partial charge in [-0.15, -0.1) is 0 Å². The lowest BCUT2D eigenvalue weighted by molar-refractivity contribution is -0.122. The molecule has 1 amide bonds. The maximum absolute atomic E-state index is 13.5. The van der Waals surface area contributed by atoms with Gasteiger partial charge in [-0.3, -0.25) is 4.79 Å². The zero-order valence-corrected chi connectivity index (χ0v) is 13.1. The van der Waals surface area contributed by atoms with Crippen LogP contribution in [0.2, 0.25) is 0 Å². The van der Waals surface area contributed by atoms with Crippen LogP contribution in [0.4, 0.5) is 4.39 Å². The molecule has 0 aliphatic carbocycles. The maximum Gasteiger partial charge on any atom is 0.227 e. The molecule has 1 N–H and O–H groups in total.